The Hall–Kier alpha value is -2.28. The molecule has 0 atom stereocenters. The first-order valence-corrected chi connectivity index (χ1v) is 10.3. The lowest BCUT2D eigenvalue weighted by atomic mass is 9.96. The van der Waals surface area contributed by atoms with E-state index in [2.05, 4.69) is 13.8 Å². The first-order valence-electron chi connectivity index (χ1n) is 9.45. The molecule has 1 fully saturated rings. The molecule has 2 rings (SSSR count). The summed E-state index contributed by atoms with van der Waals surface area (Å²) in [6.07, 6.45) is 1.73. The first-order chi connectivity index (χ1) is 13.2. The van der Waals surface area contributed by atoms with Gasteiger partial charge in [0.25, 0.3) is 11.1 Å². The molecule has 7 heteroatoms. The van der Waals surface area contributed by atoms with Crippen molar-refractivity contribution in [3.63, 3.8) is 0 Å². The van der Waals surface area contributed by atoms with Crippen LogP contribution >= 0.6 is 11.8 Å². The fraction of sp³-hybridized carbons (Fsp3) is 0.476. The van der Waals surface area contributed by atoms with Gasteiger partial charge in [-0.05, 0) is 73.4 Å². The maximum Gasteiger partial charge on any atom is 0.294 e. The Morgan fingerprint density at radius 1 is 1.25 bits per heavy atom. The molecular weight excluding hydrogens is 376 g/mol. The molecule has 0 spiro atoms. The lowest BCUT2D eigenvalue weighted by Gasteiger charge is -2.21. The molecule has 1 aromatic rings. The minimum Gasteiger partial charge on any atom is -0.496 e. The normalized spacial score (nSPS) is 15.7. The molecule has 3 amide bonds. The van der Waals surface area contributed by atoms with Crippen molar-refractivity contribution in [1.82, 2.24) is 9.80 Å². The number of carbonyl (C=O) groups is 3. The number of amides is 3. The van der Waals surface area contributed by atoms with E-state index in [1.54, 1.807) is 18.1 Å². The van der Waals surface area contributed by atoms with Crippen LogP contribution in [-0.2, 0) is 9.59 Å². The summed E-state index contributed by atoms with van der Waals surface area (Å²) in [7, 11) is 1.64. The summed E-state index contributed by atoms with van der Waals surface area (Å²) in [5, 5.41) is -0.410. The molecule has 0 aliphatic carbocycles. The predicted molar refractivity (Wildman–Crippen MR) is 112 cm³/mol. The lowest BCUT2D eigenvalue weighted by Crippen LogP contribution is -2.41. The van der Waals surface area contributed by atoms with Gasteiger partial charge in [-0.1, -0.05) is 13.8 Å². The summed E-state index contributed by atoms with van der Waals surface area (Å²) in [5.74, 6) is 0.417. The highest BCUT2D eigenvalue weighted by Gasteiger charge is 2.37. The highest BCUT2D eigenvalue weighted by Crippen LogP contribution is 2.35. The second-order valence-corrected chi connectivity index (χ2v) is 7.93. The number of ether oxygens (including phenoxy) is 1. The fourth-order valence-electron chi connectivity index (χ4n) is 3.09. The van der Waals surface area contributed by atoms with E-state index < -0.39 is 11.1 Å². The van der Waals surface area contributed by atoms with Crippen LogP contribution in [0, 0.1) is 6.92 Å². The van der Waals surface area contributed by atoms with Crippen LogP contribution in [0.2, 0.25) is 0 Å². The standard InChI is InChI=1S/C21H28N2O4S/c1-7-22(8-2)19(24)12-23-20(25)18(28-21(23)26)11-15-10-16(13(3)4)17(27-6)9-14(15)5/h9-11,13H,7-8,12H2,1-6H3/b18-11-. The van der Waals surface area contributed by atoms with Gasteiger partial charge in [-0.15, -0.1) is 0 Å². The van der Waals surface area contributed by atoms with Crippen LogP contribution in [0.5, 0.6) is 5.75 Å². The Kier molecular flexibility index (Phi) is 7.29. The average Bonchev–Trinajstić information content (AvgIpc) is 2.91. The maximum absolute atomic E-state index is 12.7. The van der Waals surface area contributed by atoms with E-state index in [1.165, 1.54) is 0 Å². The molecule has 1 aromatic carbocycles. The van der Waals surface area contributed by atoms with E-state index in [-0.39, 0.29) is 18.4 Å². The largest absolute Gasteiger partial charge is 0.496 e. The van der Waals surface area contributed by atoms with Crippen molar-refractivity contribution in [2.75, 3.05) is 26.7 Å². The Labute approximate surface area is 170 Å². The zero-order valence-electron chi connectivity index (χ0n) is 17.4. The summed E-state index contributed by atoms with van der Waals surface area (Å²) in [4.78, 5) is 40.3. The number of imide groups is 1. The van der Waals surface area contributed by atoms with Crippen LogP contribution in [0.15, 0.2) is 17.0 Å². The Balaban J connectivity index is 2.31. The van der Waals surface area contributed by atoms with Crippen LogP contribution in [0.25, 0.3) is 6.08 Å². The van der Waals surface area contributed by atoms with E-state index in [9.17, 15) is 14.4 Å². The summed E-state index contributed by atoms with van der Waals surface area (Å²) in [6, 6.07) is 3.93. The number of nitrogens with zero attached hydrogens (tertiary/aromatic N) is 2. The van der Waals surface area contributed by atoms with Crippen LogP contribution in [-0.4, -0.2) is 53.6 Å². The molecule has 152 valence electrons. The molecule has 0 bridgehead atoms. The second kappa shape index (κ2) is 9.28. The molecule has 0 aromatic heterocycles. The van der Waals surface area contributed by atoms with E-state index in [0.717, 1.165) is 39.1 Å². The van der Waals surface area contributed by atoms with Crippen LogP contribution in [0.1, 0.15) is 50.3 Å². The van der Waals surface area contributed by atoms with Crippen LogP contribution < -0.4 is 4.74 Å². The molecule has 0 unspecified atom stereocenters. The second-order valence-electron chi connectivity index (χ2n) is 6.94. The molecular formula is C21H28N2O4S. The fourth-order valence-corrected chi connectivity index (χ4v) is 3.92. The molecule has 6 nitrogen and oxygen atoms in total. The van der Waals surface area contributed by atoms with Gasteiger partial charge in [-0.3, -0.25) is 19.3 Å². The third kappa shape index (κ3) is 4.58. The van der Waals surface area contributed by atoms with Gasteiger partial charge >= 0.3 is 0 Å². The minimum atomic E-state index is -0.420. The van der Waals surface area contributed by atoms with E-state index in [1.807, 2.05) is 32.9 Å². The highest BCUT2D eigenvalue weighted by molar-refractivity contribution is 8.18. The molecule has 1 aliphatic rings. The number of likely N-dealkylation sites (N-methyl/N-ethyl adjacent to an activating group) is 1. The SMILES string of the molecule is CCN(CC)C(=O)CN1C(=O)S/C(=C\c2cc(C(C)C)c(OC)cc2C)C1=O. The maximum atomic E-state index is 12.7. The van der Waals surface area contributed by atoms with Gasteiger partial charge in [0.1, 0.15) is 12.3 Å². The number of methoxy groups -OCH3 is 1. The molecule has 0 radical (unpaired) electrons. The van der Waals surface area contributed by atoms with Gasteiger partial charge in [0.05, 0.1) is 12.0 Å². The number of benzene rings is 1. The van der Waals surface area contributed by atoms with E-state index in [0.29, 0.717) is 18.0 Å². The quantitative estimate of drug-likeness (QED) is 0.642. The molecule has 28 heavy (non-hydrogen) atoms. The number of aryl methyl sites for hydroxylation is 1. The van der Waals surface area contributed by atoms with Crippen molar-refractivity contribution in [3.05, 3.63) is 33.7 Å². The topological polar surface area (TPSA) is 66.9 Å². The van der Waals surface area contributed by atoms with Crippen molar-refractivity contribution < 1.29 is 19.1 Å². The monoisotopic (exact) mass is 404 g/mol. The minimum absolute atomic E-state index is 0.220. The number of carbonyl (C=O) groups excluding carboxylic acids is 3. The van der Waals surface area contributed by atoms with Gasteiger partial charge in [0.2, 0.25) is 5.91 Å². The summed E-state index contributed by atoms with van der Waals surface area (Å²) < 4.78 is 5.46. The van der Waals surface area contributed by atoms with Crippen LogP contribution in [0.3, 0.4) is 0 Å². The lowest BCUT2D eigenvalue weighted by molar-refractivity contribution is -0.135. The number of rotatable bonds is 7. The average molecular weight is 405 g/mol. The Bertz CT molecular complexity index is 813. The van der Waals surface area contributed by atoms with Crippen molar-refractivity contribution in [2.45, 2.75) is 40.5 Å². The smallest absolute Gasteiger partial charge is 0.294 e. The van der Waals surface area contributed by atoms with Crippen molar-refractivity contribution in [2.24, 2.45) is 0 Å². The van der Waals surface area contributed by atoms with Crippen molar-refractivity contribution in [3.8, 4) is 5.75 Å². The third-order valence-electron chi connectivity index (χ3n) is 4.81. The Morgan fingerprint density at radius 3 is 2.43 bits per heavy atom. The number of hydrogen-bond acceptors (Lipinski definition) is 5. The molecule has 1 heterocycles. The third-order valence-corrected chi connectivity index (χ3v) is 5.72. The van der Waals surface area contributed by atoms with E-state index in [4.69, 9.17) is 4.74 Å². The molecule has 0 saturated carbocycles. The van der Waals surface area contributed by atoms with E-state index >= 15 is 0 Å². The summed E-state index contributed by atoms with van der Waals surface area (Å²) >= 11 is 0.875. The zero-order valence-corrected chi connectivity index (χ0v) is 18.2. The van der Waals surface area contributed by atoms with Crippen LogP contribution in [0.4, 0.5) is 4.79 Å². The van der Waals surface area contributed by atoms with Gasteiger partial charge in [-0.25, -0.2) is 0 Å². The Morgan fingerprint density at radius 2 is 1.89 bits per heavy atom. The number of thioether (sulfide) groups is 1. The van der Waals surface area contributed by atoms with Gasteiger partial charge in [0, 0.05) is 13.1 Å². The highest BCUT2D eigenvalue weighted by atomic mass is 32.2. The van der Waals surface area contributed by atoms with Crippen molar-refractivity contribution in [1.29, 1.82) is 0 Å². The van der Waals surface area contributed by atoms with Gasteiger partial charge in [0.15, 0.2) is 0 Å². The molecule has 1 aliphatic heterocycles. The van der Waals surface area contributed by atoms with Crippen molar-refractivity contribution >= 4 is 34.9 Å². The molecule has 1 saturated heterocycles. The summed E-state index contributed by atoms with van der Waals surface area (Å²) in [6.45, 7) is 10.7. The zero-order chi connectivity index (χ0) is 21.0. The number of hydrogen-bond donors (Lipinski definition) is 0. The first kappa shape index (κ1) is 22.0. The predicted octanol–water partition coefficient (Wildman–Crippen LogP) is 4.03. The van der Waals surface area contributed by atoms with Gasteiger partial charge in [-0.2, -0.15) is 0 Å². The van der Waals surface area contributed by atoms with Gasteiger partial charge < -0.3 is 9.64 Å². The molecule has 0 N–H and O–H groups in total. The summed E-state index contributed by atoms with van der Waals surface area (Å²) in [5.41, 5.74) is 2.85.